The summed E-state index contributed by atoms with van der Waals surface area (Å²) in [5.41, 5.74) is 1.17. The van der Waals surface area contributed by atoms with Crippen LogP contribution in [0, 0.1) is 5.92 Å². The fourth-order valence-corrected chi connectivity index (χ4v) is 2.62. The minimum absolute atomic E-state index is 0.524. The zero-order chi connectivity index (χ0) is 13.5. The van der Waals surface area contributed by atoms with Crippen LogP contribution in [0.5, 0.6) is 0 Å². The molecule has 0 radical (unpaired) electrons. The molecule has 2 heterocycles. The number of likely N-dealkylation sites (N-methyl/N-ethyl adjacent to an activating group) is 2. The van der Waals surface area contributed by atoms with Crippen molar-refractivity contribution in [2.45, 2.75) is 18.9 Å². The second kappa shape index (κ2) is 7.58. The smallest absolute Gasteiger partial charge is 0.0510 e. The first-order valence-corrected chi connectivity index (χ1v) is 7.13. The van der Waals surface area contributed by atoms with Crippen LogP contribution in [0.25, 0.3) is 0 Å². The number of aromatic nitrogens is 1. The quantitative estimate of drug-likeness (QED) is 0.801. The van der Waals surface area contributed by atoms with Gasteiger partial charge in [0.25, 0.3) is 0 Å². The van der Waals surface area contributed by atoms with E-state index in [-0.39, 0.29) is 0 Å². The monoisotopic (exact) mass is 263 g/mol. The maximum Gasteiger partial charge on any atom is 0.0510 e. The summed E-state index contributed by atoms with van der Waals surface area (Å²) in [5.74, 6) is 0.655. The summed E-state index contributed by atoms with van der Waals surface area (Å²) in [7, 11) is 4.23. The highest BCUT2D eigenvalue weighted by Gasteiger charge is 2.25. The van der Waals surface area contributed by atoms with E-state index >= 15 is 0 Å². The highest BCUT2D eigenvalue weighted by molar-refractivity contribution is 5.03. The molecular weight excluding hydrogens is 238 g/mol. The summed E-state index contributed by atoms with van der Waals surface area (Å²) in [4.78, 5) is 6.75. The van der Waals surface area contributed by atoms with Crippen LogP contribution in [0.3, 0.4) is 0 Å². The lowest BCUT2D eigenvalue weighted by molar-refractivity contribution is 0.168. The summed E-state index contributed by atoms with van der Waals surface area (Å²) in [6, 6.07) is 6.63. The first-order valence-electron chi connectivity index (χ1n) is 7.13. The van der Waals surface area contributed by atoms with Gasteiger partial charge in [0.2, 0.25) is 0 Å². The van der Waals surface area contributed by atoms with Gasteiger partial charge in [-0.25, -0.2) is 0 Å². The third kappa shape index (κ3) is 4.56. The number of pyridine rings is 1. The maximum atomic E-state index is 5.48. The van der Waals surface area contributed by atoms with E-state index in [0.29, 0.717) is 12.0 Å². The van der Waals surface area contributed by atoms with Crippen LogP contribution in [-0.4, -0.2) is 56.3 Å². The van der Waals surface area contributed by atoms with E-state index in [1.54, 1.807) is 0 Å². The highest BCUT2D eigenvalue weighted by Crippen LogP contribution is 2.17. The molecule has 0 spiro atoms. The fourth-order valence-electron chi connectivity index (χ4n) is 2.62. The molecule has 19 heavy (non-hydrogen) atoms. The number of hydrogen-bond donors (Lipinski definition) is 1. The number of nitrogens with one attached hydrogen (secondary N) is 1. The molecule has 0 saturated carbocycles. The van der Waals surface area contributed by atoms with Crippen molar-refractivity contribution >= 4 is 0 Å². The van der Waals surface area contributed by atoms with E-state index in [9.17, 15) is 0 Å². The van der Waals surface area contributed by atoms with Gasteiger partial charge in [0.15, 0.2) is 0 Å². The second-order valence-corrected chi connectivity index (χ2v) is 5.35. The summed E-state index contributed by atoms with van der Waals surface area (Å²) in [6.45, 7) is 3.93. The van der Waals surface area contributed by atoms with E-state index in [1.807, 2.05) is 12.3 Å². The zero-order valence-corrected chi connectivity index (χ0v) is 12.0. The molecule has 1 aliphatic heterocycles. The van der Waals surface area contributed by atoms with Crippen LogP contribution in [0.2, 0.25) is 0 Å². The van der Waals surface area contributed by atoms with Gasteiger partial charge in [-0.15, -0.1) is 0 Å². The zero-order valence-electron chi connectivity index (χ0n) is 12.0. The lowest BCUT2D eigenvalue weighted by atomic mass is 9.99. The lowest BCUT2D eigenvalue weighted by Gasteiger charge is -2.27. The highest BCUT2D eigenvalue weighted by atomic mass is 16.5. The van der Waals surface area contributed by atoms with Gasteiger partial charge in [0, 0.05) is 50.0 Å². The van der Waals surface area contributed by atoms with Crippen molar-refractivity contribution < 1.29 is 4.74 Å². The van der Waals surface area contributed by atoms with E-state index in [1.165, 1.54) is 12.1 Å². The molecule has 0 aliphatic carbocycles. The van der Waals surface area contributed by atoms with Crippen LogP contribution in [-0.2, 0) is 11.2 Å². The Morgan fingerprint density at radius 1 is 1.53 bits per heavy atom. The Morgan fingerprint density at radius 3 is 3.05 bits per heavy atom. The Balaban J connectivity index is 1.74. The van der Waals surface area contributed by atoms with Crippen molar-refractivity contribution in [3.63, 3.8) is 0 Å². The third-order valence-electron chi connectivity index (χ3n) is 3.89. The Bertz CT molecular complexity index is 352. The summed E-state index contributed by atoms with van der Waals surface area (Å²) in [5, 5.41) is 3.44. The minimum Gasteiger partial charge on any atom is -0.381 e. The van der Waals surface area contributed by atoms with Gasteiger partial charge in [-0.1, -0.05) is 6.07 Å². The molecule has 4 heteroatoms. The van der Waals surface area contributed by atoms with Crippen LogP contribution >= 0.6 is 0 Å². The average Bonchev–Trinajstić information content (AvgIpc) is 2.97. The van der Waals surface area contributed by atoms with E-state index < -0.39 is 0 Å². The average molecular weight is 263 g/mol. The van der Waals surface area contributed by atoms with Crippen LogP contribution < -0.4 is 5.32 Å². The first kappa shape index (κ1) is 14.4. The van der Waals surface area contributed by atoms with E-state index in [4.69, 9.17) is 4.74 Å². The molecule has 106 valence electrons. The van der Waals surface area contributed by atoms with Gasteiger partial charge in [-0.2, -0.15) is 0 Å². The molecular formula is C15H25N3O. The summed E-state index contributed by atoms with van der Waals surface area (Å²) < 4.78 is 5.48. The summed E-state index contributed by atoms with van der Waals surface area (Å²) >= 11 is 0. The molecule has 1 saturated heterocycles. The number of ether oxygens (including phenoxy) is 1. The van der Waals surface area contributed by atoms with Crippen molar-refractivity contribution in [1.82, 2.24) is 15.2 Å². The first-order chi connectivity index (χ1) is 9.29. The number of rotatable bonds is 7. The molecule has 1 aliphatic rings. The molecule has 0 aromatic carbocycles. The lowest BCUT2D eigenvalue weighted by Crippen LogP contribution is -2.43. The Kier molecular flexibility index (Phi) is 5.76. The largest absolute Gasteiger partial charge is 0.381 e. The van der Waals surface area contributed by atoms with Crippen molar-refractivity contribution in [2.75, 3.05) is 40.4 Å². The van der Waals surface area contributed by atoms with Gasteiger partial charge < -0.3 is 15.0 Å². The molecule has 1 aromatic heterocycles. The van der Waals surface area contributed by atoms with Crippen LogP contribution in [0.15, 0.2) is 24.4 Å². The van der Waals surface area contributed by atoms with Gasteiger partial charge in [-0.05, 0) is 32.6 Å². The van der Waals surface area contributed by atoms with Gasteiger partial charge >= 0.3 is 0 Å². The fraction of sp³-hybridized carbons (Fsp3) is 0.667. The van der Waals surface area contributed by atoms with Gasteiger partial charge in [0.05, 0.1) is 6.61 Å². The Labute approximate surface area is 116 Å². The molecule has 0 bridgehead atoms. The second-order valence-electron chi connectivity index (χ2n) is 5.35. The van der Waals surface area contributed by atoms with Crippen LogP contribution in [0.4, 0.5) is 0 Å². The van der Waals surface area contributed by atoms with Crippen molar-refractivity contribution in [3.05, 3.63) is 30.1 Å². The van der Waals surface area contributed by atoms with Crippen molar-refractivity contribution in [3.8, 4) is 0 Å². The van der Waals surface area contributed by atoms with Crippen molar-refractivity contribution in [2.24, 2.45) is 5.92 Å². The Hall–Kier alpha value is -0.970. The molecule has 1 N–H and O–H groups in total. The molecule has 2 atom stereocenters. The topological polar surface area (TPSA) is 37.4 Å². The molecule has 2 unspecified atom stereocenters. The van der Waals surface area contributed by atoms with E-state index in [2.05, 4.69) is 41.4 Å². The van der Waals surface area contributed by atoms with E-state index in [0.717, 1.165) is 32.7 Å². The molecule has 1 aromatic rings. The normalized spacial score (nSPS) is 20.9. The predicted molar refractivity (Wildman–Crippen MR) is 77.2 cm³/mol. The molecule has 0 amide bonds. The molecule has 2 rings (SSSR count). The van der Waals surface area contributed by atoms with Crippen LogP contribution in [0.1, 0.15) is 12.1 Å². The molecule has 1 fully saturated rings. The number of hydrogen-bond acceptors (Lipinski definition) is 4. The summed E-state index contributed by atoms with van der Waals surface area (Å²) in [6.07, 6.45) is 4.05. The third-order valence-corrected chi connectivity index (χ3v) is 3.89. The Morgan fingerprint density at radius 2 is 2.42 bits per heavy atom. The SMILES string of the molecule is CNC(CN(C)CCc1ccccn1)C1CCOC1. The predicted octanol–water partition coefficient (Wildman–Crippen LogP) is 1.18. The number of nitrogens with zero attached hydrogens (tertiary/aromatic N) is 2. The van der Waals surface area contributed by atoms with Gasteiger partial charge in [-0.3, -0.25) is 4.98 Å². The minimum atomic E-state index is 0.524. The molecule has 4 nitrogen and oxygen atoms in total. The maximum absolute atomic E-state index is 5.48. The van der Waals surface area contributed by atoms with Crippen molar-refractivity contribution in [1.29, 1.82) is 0 Å². The standard InChI is InChI=1S/C15H25N3O/c1-16-15(13-7-10-19-12-13)11-18(2)9-6-14-5-3-4-8-17-14/h3-5,8,13,15-16H,6-7,9-12H2,1-2H3. The van der Waals surface area contributed by atoms with Gasteiger partial charge in [0.1, 0.15) is 0 Å².